The number of amidine groups is 2. The standard InChI is InChI=1S/C18H21N4O3P/c1-11(26)21-17(19)13-9-16(25-10-12-6-4-3-5-7-12)15(24-2)8-14(13)18(20)22-23/h3-9,19,23H,10,26H2,1-2H3,(H2,20,22). The summed E-state index contributed by atoms with van der Waals surface area (Å²) in [5.74, 6) is 0.661. The molecule has 0 spiro atoms. The van der Waals surface area contributed by atoms with Crippen LogP contribution in [0.25, 0.3) is 0 Å². The summed E-state index contributed by atoms with van der Waals surface area (Å²) >= 11 is 0. The lowest BCUT2D eigenvalue weighted by Crippen LogP contribution is -2.18. The third kappa shape index (κ3) is 4.80. The highest BCUT2D eigenvalue weighted by atomic mass is 31.0. The van der Waals surface area contributed by atoms with E-state index in [1.165, 1.54) is 7.11 Å². The molecule has 0 saturated carbocycles. The van der Waals surface area contributed by atoms with Crippen molar-refractivity contribution < 1.29 is 14.7 Å². The van der Waals surface area contributed by atoms with Crippen molar-refractivity contribution in [3.05, 3.63) is 59.2 Å². The first kappa shape index (κ1) is 19.4. The van der Waals surface area contributed by atoms with Gasteiger partial charge in [-0.25, -0.2) is 4.99 Å². The van der Waals surface area contributed by atoms with Gasteiger partial charge in [0.15, 0.2) is 23.2 Å². The summed E-state index contributed by atoms with van der Waals surface area (Å²) in [6.07, 6.45) is 0. The van der Waals surface area contributed by atoms with Crippen LogP contribution < -0.4 is 15.2 Å². The van der Waals surface area contributed by atoms with E-state index in [1.807, 2.05) is 30.3 Å². The Balaban J connectivity index is 2.47. The molecule has 0 aliphatic carbocycles. The van der Waals surface area contributed by atoms with Crippen LogP contribution in [-0.2, 0) is 6.61 Å². The van der Waals surface area contributed by atoms with Gasteiger partial charge in [-0.2, -0.15) is 0 Å². The average Bonchev–Trinajstić information content (AvgIpc) is 2.65. The summed E-state index contributed by atoms with van der Waals surface area (Å²) in [4.78, 5) is 4.11. The summed E-state index contributed by atoms with van der Waals surface area (Å²) in [7, 11) is 3.91. The van der Waals surface area contributed by atoms with Crippen molar-refractivity contribution in [3.63, 3.8) is 0 Å². The van der Waals surface area contributed by atoms with Gasteiger partial charge < -0.3 is 20.4 Å². The number of rotatable bonds is 6. The van der Waals surface area contributed by atoms with Gasteiger partial charge in [-0.15, -0.1) is 0 Å². The summed E-state index contributed by atoms with van der Waals surface area (Å²) in [5, 5.41) is 20.3. The molecule has 0 aliphatic heterocycles. The molecule has 26 heavy (non-hydrogen) atoms. The van der Waals surface area contributed by atoms with E-state index in [0.29, 0.717) is 34.7 Å². The van der Waals surface area contributed by atoms with Crippen LogP contribution in [0, 0.1) is 5.41 Å². The second kappa shape index (κ2) is 8.97. The van der Waals surface area contributed by atoms with E-state index in [4.69, 9.17) is 25.8 Å². The van der Waals surface area contributed by atoms with Crippen LogP contribution in [-0.4, -0.2) is 29.4 Å². The summed E-state index contributed by atoms with van der Waals surface area (Å²) in [6, 6.07) is 12.8. The van der Waals surface area contributed by atoms with Gasteiger partial charge in [0.1, 0.15) is 6.61 Å². The third-order valence-corrected chi connectivity index (χ3v) is 3.60. The number of benzene rings is 2. The number of ether oxygens (including phenoxy) is 2. The minimum Gasteiger partial charge on any atom is -0.493 e. The molecular weight excluding hydrogens is 351 g/mol. The maximum Gasteiger partial charge on any atom is 0.170 e. The van der Waals surface area contributed by atoms with E-state index in [2.05, 4.69) is 19.4 Å². The molecule has 0 aromatic heterocycles. The molecule has 7 nitrogen and oxygen atoms in total. The molecule has 2 aromatic carbocycles. The second-order valence-corrected chi connectivity index (χ2v) is 6.25. The highest BCUT2D eigenvalue weighted by molar-refractivity contribution is 7.40. The SMILES string of the molecule is COc1cc(/C(N)=N/O)c(C(=N)N=C(C)P)cc1OCc1ccccc1. The lowest BCUT2D eigenvalue weighted by Gasteiger charge is -2.15. The maximum atomic E-state index is 9.04. The first-order valence-corrected chi connectivity index (χ1v) is 8.30. The van der Waals surface area contributed by atoms with Gasteiger partial charge in [0, 0.05) is 16.6 Å². The van der Waals surface area contributed by atoms with Crippen molar-refractivity contribution >= 4 is 26.4 Å². The Labute approximate surface area is 154 Å². The molecule has 1 atom stereocenters. The Morgan fingerprint density at radius 1 is 1.19 bits per heavy atom. The van der Waals surface area contributed by atoms with Crippen molar-refractivity contribution in [2.75, 3.05) is 7.11 Å². The van der Waals surface area contributed by atoms with Crippen LogP contribution in [0.4, 0.5) is 0 Å². The van der Waals surface area contributed by atoms with Gasteiger partial charge >= 0.3 is 0 Å². The van der Waals surface area contributed by atoms with Crippen molar-refractivity contribution in [2.45, 2.75) is 13.5 Å². The van der Waals surface area contributed by atoms with Gasteiger partial charge in [0.25, 0.3) is 0 Å². The Morgan fingerprint density at radius 2 is 1.85 bits per heavy atom. The fourth-order valence-corrected chi connectivity index (χ4v) is 2.39. The first-order valence-electron chi connectivity index (χ1n) is 7.72. The fraction of sp³-hybridized carbons (Fsp3) is 0.167. The highest BCUT2D eigenvalue weighted by Gasteiger charge is 2.18. The van der Waals surface area contributed by atoms with Gasteiger partial charge in [0.05, 0.1) is 7.11 Å². The van der Waals surface area contributed by atoms with Gasteiger partial charge in [-0.3, -0.25) is 5.41 Å². The number of oxime groups is 1. The molecule has 136 valence electrons. The normalized spacial score (nSPS) is 12.0. The number of aliphatic imine (C=N–C) groups is 1. The van der Waals surface area contributed by atoms with Gasteiger partial charge in [-0.05, 0) is 24.6 Å². The number of nitrogens with zero attached hydrogens (tertiary/aromatic N) is 2. The highest BCUT2D eigenvalue weighted by Crippen LogP contribution is 2.32. The molecule has 2 rings (SSSR count). The average molecular weight is 372 g/mol. The molecule has 0 heterocycles. The zero-order chi connectivity index (χ0) is 19.1. The van der Waals surface area contributed by atoms with Crippen LogP contribution in [0.5, 0.6) is 11.5 Å². The lowest BCUT2D eigenvalue weighted by molar-refractivity contribution is 0.284. The number of nitrogens with two attached hydrogens (primary N) is 1. The van der Waals surface area contributed by atoms with Crippen molar-refractivity contribution in [1.82, 2.24) is 0 Å². The van der Waals surface area contributed by atoms with Gasteiger partial charge in [-0.1, -0.05) is 44.7 Å². The number of hydrogen-bond donors (Lipinski definition) is 3. The molecule has 2 aromatic rings. The van der Waals surface area contributed by atoms with Gasteiger partial charge in [0.2, 0.25) is 0 Å². The van der Waals surface area contributed by atoms with Crippen molar-refractivity contribution in [3.8, 4) is 11.5 Å². The maximum absolute atomic E-state index is 9.04. The first-order chi connectivity index (χ1) is 12.5. The topological polar surface area (TPSA) is 113 Å². The minimum absolute atomic E-state index is 0.0358. The quantitative estimate of drug-likeness (QED) is 0.238. The molecule has 8 heteroatoms. The van der Waals surface area contributed by atoms with E-state index in [-0.39, 0.29) is 11.7 Å². The Hall–Kier alpha value is -2.92. The zero-order valence-corrected chi connectivity index (χ0v) is 15.7. The van der Waals surface area contributed by atoms with Crippen LogP contribution in [0.15, 0.2) is 52.6 Å². The minimum atomic E-state index is -0.144. The predicted molar refractivity (Wildman–Crippen MR) is 106 cm³/mol. The largest absolute Gasteiger partial charge is 0.493 e. The molecule has 0 fully saturated rings. The number of hydrogen-bond acceptors (Lipinski definition) is 5. The van der Waals surface area contributed by atoms with E-state index in [9.17, 15) is 0 Å². The number of methoxy groups -OCH3 is 1. The molecule has 4 N–H and O–H groups in total. The van der Waals surface area contributed by atoms with Crippen LogP contribution in [0.3, 0.4) is 0 Å². The molecule has 1 unspecified atom stereocenters. The van der Waals surface area contributed by atoms with Crippen LogP contribution >= 0.6 is 9.24 Å². The molecule has 0 aliphatic rings. The third-order valence-electron chi connectivity index (χ3n) is 3.47. The number of nitrogens with one attached hydrogen (secondary N) is 1. The molecule has 0 radical (unpaired) electrons. The summed E-state index contributed by atoms with van der Waals surface area (Å²) < 4.78 is 11.2. The van der Waals surface area contributed by atoms with Crippen LogP contribution in [0.1, 0.15) is 23.6 Å². The Bertz CT molecular complexity index is 847. The summed E-state index contributed by atoms with van der Waals surface area (Å²) in [5.41, 5.74) is 8.07. The van der Waals surface area contributed by atoms with Crippen molar-refractivity contribution in [1.29, 1.82) is 5.41 Å². The van der Waals surface area contributed by atoms with E-state index < -0.39 is 0 Å². The van der Waals surface area contributed by atoms with Crippen LogP contribution in [0.2, 0.25) is 0 Å². The molecular formula is C18H21N4O3P. The smallest absolute Gasteiger partial charge is 0.170 e. The predicted octanol–water partition coefficient (Wildman–Crippen LogP) is 2.99. The van der Waals surface area contributed by atoms with E-state index >= 15 is 0 Å². The van der Waals surface area contributed by atoms with Crippen molar-refractivity contribution in [2.24, 2.45) is 15.9 Å². The molecule has 0 amide bonds. The zero-order valence-electron chi connectivity index (χ0n) is 14.6. The Kier molecular flexibility index (Phi) is 6.69. The second-order valence-electron chi connectivity index (χ2n) is 5.41. The molecule has 0 saturated heterocycles. The monoisotopic (exact) mass is 372 g/mol. The molecule has 0 bridgehead atoms. The lowest BCUT2D eigenvalue weighted by atomic mass is 10.0. The fourth-order valence-electron chi connectivity index (χ4n) is 2.27. The summed E-state index contributed by atoms with van der Waals surface area (Å²) in [6.45, 7) is 2.08. The Morgan fingerprint density at radius 3 is 2.42 bits per heavy atom. The van der Waals surface area contributed by atoms with E-state index in [1.54, 1.807) is 19.1 Å². The van der Waals surface area contributed by atoms with E-state index in [0.717, 1.165) is 5.56 Å².